The van der Waals surface area contributed by atoms with Gasteiger partial charge in [-0.05, 0) is 42.5 Å². The van der Waals surface area contributed by atoms with E-state index in [1.54, 1.807) is 17.0 Å². The third kappa shape index (κ3) is 4.08. The van der Waals surface area contributed by atoms with Gasteiger partial charge in [-0.3, -0.25) is 4.79 Å². The highest BCUT2D eigenvalue weighted by atomic mass is 16.5. The van der Waals surface area contributed by atoms with Gasteiger partial charge in [-0.1, -0.05) is 13.8 Å². The van der Waals surface area contributed by atoms with Crippen LogP contribution in [0.4, 0.5) is 0 Å². The number of carbonyl (C=O) groups excluding carboxylic acids is 2. The average molecular weight is 300 g/mol. The largest absolute Gasteiger partial charge is 0.452 e. The molecule has 1 amide bonds. The van der Waals surface area contributed by atoms with Gasteiger partial charge in [-0.2, -0.15) is 5.26 Å². The second kappa shape index (κ2) is 7.08. The molecule has 5 nitrogen and oxygen atoms in total. The number of likely N-dealkylation sites (tertiary alicyclic amines) is 1. The summed E-state index contributed by atoms with van der Waals surface area (Å²) >= 11 is 0. The topological polar surface area (TPSA) is 70.4 Å². The van der Waals surface area contributed by atoms with Crippen molar-refractivity contribution in [3.8, 4) is 6.07 Å². The van der Waals surface area contributed by atoms with E-state index in [4.69, 9.17) is 10.00 Å². The first kappa shape index (κ1) is 16.0. The summed E-state index contributed by atoms with van der Waals surface area (Å²) in [6, 6.07) is 8.13. The lowest BCUT2D eigenvalue weighted by Crippen LogP contribution is -2.44. The summed E-state index contributed by atoms with van der Waals surface area (Å²) in [4.78, 5) is 25.8. The van der Waals surface area contributed by atoms with Crippen LogP contribution in [0.25, 0.3) is 0 Å². The van der Waals surface area contributed by atoms with E-state index in [0.717, 1.165) is 19.5 Å². The maximum Gasteiger partial charge on any atom is 0.338 e. The summed E-state index contributed by atoms with van der Waals surface area (Å²) in [5.41, 5.74) is 0.816. The summed E-state index contributed by atoms with van der Waals surface area (Å²) in [5.74, 6) is 0.250. The Bertz CT molecular complexity index is 579. The molecule has 0 bridgehead atoms. The van der Waals surface area contributed by atoms with Gasteiger partial charge in [-0.15, -0.1) is 0 Å². The summed E-state index contributed by atoms with van der Waals surface area (Å²) < 4.78 is 5.07. The molecule has 1 aliphatic heterocycles. The lowest BCUT2D eigenvalue weighted by molar-refractivity contribution is -0.137. The van der Waals surface area contributed by atoms with E-state index in [-0.39, 0.29) is 12.5 Å². The number of hydrogen-bond donors (Lipinski definition) is 0. The van der Waals surface area contributed by atoms with Gasteiger partial charge in [0.1, 0.15) is 0 Å². The maximum absolute atomic E-state index is 12.1. The van der Waals surface area contributed by atoms with E-state index in [0.29, 0.717) is 23.0 Å². The Labute approximate surface area is 130 Å². The number of rotatable bonds is 3. The van der Waals surface area contributed by atoms with E-state index in [2.05, 4.69) is 13.8 Å². The maximum atomic E-state index is 12.1. The Morgan fingerprint density at radius 2 is 1.82 bits per heavy atom. The zero-order valence-electron chi connectivity index (χ0n) is 12.9. The molecule has 0 aliphatic carbocycles. The minimum absolute atomic E-state index is 0.152. The van der Waals surface area contributed by atoms with E-state index < -0.39 is 5.97 Å². The zero-order chi connectivity index (χ0) is 16.1. The minimum Gasteiger partial charge on any atom is -0.452 e. The Morgan fingerprint density at radius 3 is 2.36 bits per heavy atom. The standard InChI is InChI=1S/C17H20N2O3/c1-12-7-13(2)10-19(9-12)16(20)11-22-17(21)15-5-3-14(8-18)4-6-15/h3-6,12-13H,7,9-11H2,1-2H3/t12-,13+. The molecule has 1 aliphatic rings. The van der Waals surface area contributed by atoms with Crippen LogP contribution >= 0.6 is 0 Å². The van der Waals surface area contributed by atoms with Gasteiger partial charge in [0, 0.05) is 13.1 Å². The molecule has 1 fully saturated rings. The van der Waals surface area contributed by atoms with E-state index in [9.17, 15) is 9.59 Å². The molecule has 0 aromatic heterocycles. The molecule has 0 N–H and O–H groups in total. The van der Waals surface area contributed by atoms with Crippen LogP contribution in [0.1, 0.15) is 36.2 Å². The molecule has 116 valence electrons. The van der Waals surface area contributed by atoms with Gasteiger partial charge in [-0.25, -0.2) is 4.79 Å². The average Bonchev–Trinajstić information content (AvgIpc) is 2.51. The van der Waals surface area contributed by atoms with Crippen LogP contribution in [0.2, 0.25) is 0 Å². The lowest BCUT2D eigenvalue weighted by atomic mass is 9.92. The van der Waals surface area contributed by atoms with Crippen LogP contribution in [-0.4, -0.2) is 36.5 Å². The number of piperidine rings is 1. The number of ether oxygens (including phenoxy) is 1. The normalized spacial score (nSPS) is 21.0. The molecular formula is C17H20N2O3. The first-order chi connectivity index (χ1) is 10.5. The van der Waals surface area contributed by atoms with E-state index >= 15 is 0 Å². The Kier molecular flexibility index (Phi) is 5.16. The van der Waals surface area contributed by atoms with Crippen molar-refractivity contribution in [3.63, 3.8) is 0 Å². The molecule has 1 saturated heterocycles. The second-order valence-electron chi connectivity index (χ2n) is 6.01. The van der Waals surface area contributed by atoms with Crippen molar-refractivity contribution in [1.82, 2.24) is 4.90 Å². The van der Waals surface area contributed by atoms with Gasteiger partial charge in [0.05, 0.1) is 17.2 Å². The predicted octanol–water partition coefficient (Wildman–Crippen LogP) is 2.22. The van der Waals surface area contributed by atoms with Crippen LogP contribution in [0.3, 0.4) is 0 Å². The van der Waals surface area contributed by atoms with Crippen molar-refractivity contribution in [2.24, 2.45) is 11.8 Å². The van der Waals surface area contributed by atoms with Crippen molar-refractivity contribution < 1.29 is 14.3 Å². The van der Waals surface area contributed by atoms with Crippen molar-refractivity contribution in [3.05, 3.63) is 35.4 Å². The summed E-state index contributed by atoms with van der Waals surface area (Å²) in [6.45, 7) is 5.45. The summed E-state index contributed by atoms with van der Waals surface area (Å²) in [5, 5.41) is 8.71. The highest BCUT2D eigenvalue weighted by Crippen LogP contribution is 2.20. The molecule has 1 heterocycles. The third-order valence-electron chi connectivity index (χ3n) is 3.80. The zero-order valence-corrected chi connectivity index (χ0v) is 12.9. The van der Waals surface area contributed by atoms with Gasteiger partial charge in [0.25, 0.3) is 5.91 Å². The number of esters is 1. The molecule has 0 saturated carbocycles. The van der Waals surface area contributed by atoms with Crippen LogP contribution in [-0.2, 0) is 9.53 Å². The fourth-order valence-corrected chi connectivity index (χ4v) is 2.85. The summed E-state index contributed by atoms with van der Waals surface area (Å²) in [6.07, 6.45) is 1.12. The third-order valence-corrected chi connectivity index (χ3v) is 3.80. The fraction of sp³-hybridized carbons (Fsp3) is 0.471. The highest BCUT2D eigenvalue weighted by molar-refractivity contribution is 5.91. The number of carbonyl (C=O) groups is 2. The molecule has 0 spiro atoms. The van der Waals surface area contributed by atoms with Gasteiger partial charge in [0.2, 0.25) is 0 Å². The van der Waals surface area contributed by atoms with Crippen molar-refractivity contribution in [1.29, 1.82) is 5.26 Å². The van der Waals surface area contributed by atoms with E-state index in [1.807, 2.05) is 6.07 Å². The first-order valence-corrected chi connectivity index (χ1v) is 7.44. The number of nitrogens with zero attached hydrogens (tertiary/aromatic N) is 2. The molecule has 1 aromatic rings. The number of amides is 1. The van der Waals surface area contributed by atoms with Gasteiger partial charge >= 0.3 is 5.97 Å². The molecule has 2 rings (SSSR count). The Morgan fingerprint density at radius 1 is 1.23 bits per heavy atom. The monoisotopic (exact) mass is 300 g/mol. The Hall–Kier alpha value is -2.35. The van der Waals surface area contributed by atoms with Crippen LogP contribution in [0.5, 0.6) is 0 Å². The SMILES string of the molecule is C[C@@H]1C[C@H](C)CN(C(=O)COC(=O)c2ccc(C#N)cc2)C1. The second-order valence-corrected chi connectivity index (χ2v) is 6.01. The van der Waals surface area contributed by atoms with Crippen LogP contribution < -0.4 is 0 Å². The van der Waals surface area contributed by atoms with Gasteiger partial charge in [0.15, 0.2) is 6.61 Å². The molecule has 5 heteroatoms. The van der Waals surface area contributed by atoms with Crippen LogP contribution in [0, 0.1) is 23.2 Å². The van der Waals surface area contributed by atoms with Crippen molar-refractivity contribution >= 4 is 11.9 Å². The van der Waals surface area contributed by atoms with Crippen molar-refractivity contribution in [2.75, 3.05) is 19.7 Å². The quantitative estimate of drug-likeness (QED) is 0.803. The summed E-state index contributed by atoms with van der Waals surface area (Å²) in [7, 11) is 0. The van der Waals surface area contributed by atoms with Crippen molar-refractivity contribution in [2.45, 2.75) is 20.3 Å². The molecule has 22 heavy (non-hydrogen) atoms. The minimum atomic E-state index is -0.545. The molecule has 0 unspecified atom stereocenters. The molecule has 1 aromatic carbocycles. The number of nitriles is 1. The first-order valence-electron chi connectivity index (χ1n) is 7.44. The number of benzene rings is 1. The predicted molar refractivity (Wildman–Crippen MR) is 81.0 cm³/mol. The fourth-order valence-electron chi connectivity index (χ4n) is 2.85. The molecular weight excluding hydrogens is 280 g/mol. The highest BCUT2D eigenvalue weighted by Gasteiger charge is 2.26. The van der Waals surface area contributed by atoms with Gasteiger partial charge < -0.3 is 9.64 Å². The molecule has 2 atom stereocenters. The molecule has 0 radical (unpaired) electrons. The lowest BCUT2D eigenvalue weighted by Gasteiger charge is -2.34. The smallest absolute Gasteiger partial charge is 0.338 e. The van der Waals surface area contributed by atoms with E-state index in [1.165, 1.54) is 12.1 Å². The number of hydrogen-bond acceptors (Lipinski definition) is 4. The van der Waals surface area contributed by atoms with Crippen LogP contribution in [0.15, 0.2) is 24.3 Å². The Balaban J connectivity index is 1.87.